The largest absolute Gasteiger partial charge is 0.478 e. The summed E-state index contributed by atoms with van der Waals surface area (Å²) in [4.78, 5) is 24.7. The molecule has 1 aromatic rings. The van der Waals surface area contributed by atoms with E-state index in [1.807, 2.05) is 6.92 Å². The van der Waals surface area contributed by atoms with Gasteiger partial charge in [0.25, 0.3) is 0 Å². The highest BCUT2D eigenvalue weighted by Gasteiger charge is 2.21. The van der Waals surface area contributed by atoms with Crippen LogP contribution in [-0.2, 0) is 4.79 Å². The summed E-state index contributed by atoms with van der Waals surface area (Å²) >= 11 is 6.01. The number of hydrogen-bond acceptors (Lipinski definition) is 4. The number of carboxylic acid groups (broad SMARTS) is 1. The number of rotatable bonds is 5. The van der Waals surface area contributed by atoms with Crippen LogP contribution in [0.1, 0.15) is 24.2 Å². The number of likely N-dealkylation sites (N-methyl/N-ethyl adjacent to an activating group) is 1. The number of hydrogen-bond donors (Lipinski definition) is 3. The van der Waals surface area contributed by atoms with Gasteiger partial charge in [-0.05, 0) is 26.0 Å². The maximum atomic E-state index is 12.0. The number of carboxylic acids is 1. The maximum absolute atomic E-state index is 12.0. The average molecular weight is 300 g/mol. The van der Waals surface area contributed by atoms with Crippen LogP contribution >= 0.6 is 11.6 Å². The van der Waals surface area contributed by atoms with E-state index in [2.05, 4.69) is 5.32 Å². The number of carbonyl (C=O) groups excluding carboxylic acids is 1. The van der Waals surface area contributed by atoms with E-state index in [1.54, 1.807) is 14.0 Å². The zero-order valence-electron chi connectivity index (χ0n) is 11.6. The lowest BCUT2D eigenvalue weighted by Gasteiger charge is -2.22. The average Bonchev–Trinajstić information content (AvgIpc) is 2.39. The molecule has 0 aliphatic carbocycles. The molecule has 0 radical (unpaired) electrons. The number of nitrogens with one attached hydrogen (secondary N) is 1. The highest BCUT2D eigenvalue weighted by Crippen LogP contribution is 2.30. The van der Waals surface area contributed by atoms with Crippen LogP contribution in [-0.4, -0.2) is 41.5 Å². The van der Waals surface area contributed by atoms with Crippen LogP contribution in [0.15, 0.2) is 12.1 Å². The first-order valence-corrected chi connectivity index (χ1v) is 6.49. The summed E-state index contributed by atoms with van der Waals surface area (Å²) in [7, 11) is 1.67. The lowest BCUT2D eigenvalue weighted by molar-refractivity contribution is -0.130. The molecule has 1 rings (SSSR count). The summed E-state index contributed by atoms with van der Waals surface area (Å²) in [6.07, 6.45) is 0. The Morgan fingerprint density at radius 2 is 2.10 bits per heavy atom. The predicted octanol–water partition coefficient (Wildman–Crippen LogP) is 1.90. The summed E-state index contributed by atoms with van der Waals surface area (Å²) < 4.78 is 0. The van der Waals surface area contributed by atoms with Crippen molar-refractivity contribution in [2.75, 3.05) is 24.6 Å². The summed E-state index contributed by atoms with van der Waals surface area (Å²) in [6.45, 7) is 4.06. The lowest BCUT2D eigenvalue weighted by Crippen LogP contribution is -2.39. The Morgan fingerprint density at radius 1 is 1.50 bits per heavy atom. The molecule has 0 aliphatic heterocycles. The zero-order chi connectivity index (χ0) is 15.4. The molecule has 20 heavy (non-hydrogen) atoms. The van der Waals surface area contributed by atoms with Gasteiger partial charge in [-0.1, -0.05) is 11.6 Å². The number of nitrogens with zero attached hydrogens (tertiary/aromatic N) is 1. The Bertz CT molecular complexity index is 534. The Labute approximate surface area is 122 Å². The molecule has 0 spiro atoms. The fraction of sp³-hybridized carbons (Fsp3) is 0.385. The fourth-order valence-corrected chi connectivity index (χ4v) is 1.99. The summed E-state index contributed by atoms with van der Waals surface area (Å²) in [5.41, 5.74) is 5.96. The number of amides is 1. The molecular formula is C13H18ClN3O3. The van der Waals surface area contributed by atoms with Crippen molar-refractivity contribution in [3.8, 4) is 0 Å². The van der Waals surface area contributed by atoms with Crippen LogP contribution < -0.4 is 11.1 Å². The van der Waals surface area contributed by atoms with E-state index >= 15 is 0 Å². The van der Waals surface area contributed by atoms with Crippen molar-refractivity contribution in [1.29, 1.82) is 0 Å². The molecule has 0 saturated heterocycles. The molecule has 0 heterocycles. The zero-order valence-corrected chi connectivity index (χ0v) is 12.4. The molecule has 0 bridgehead atoms. The number of halogens is 1. The van der Waals surface area contributed by atoms with Gasteiger partial charge in [0.05, 0.1) is 16.3 Å². The van der Waals surface area contributed by atoms with Gasteiger partial charge in [-0.15, -0.1) is 0 Å². The molecule has 1 unspecified atom stereocenters. The molecule has 0 aliphatic rings. The second-order valence-electron chi connectivity index (χ2n) is 4.45. The normalized spacial score (nSPS) is 11.8. The standard InChI is InChI=1S/C13H18ClN3O3/c1-4-17(3)12(18)7(2)16-11-9(13(19)20)5-8(15)6-10(11)14/h5-7,16H,4,15H2,1-3H3,(H,19,20). The minimum Gasteiger partial charge on any atom is -0.478 e. The lowest BCUT2D eigenvalue weighted by atomic mass is 10.1. The molecule has 0 aromatic heterocycles. The van der Waals surface area contributed by atoms with Gasteiger partial charge in [0.15, 0.2) is 0 Å². The van der Waals surface area contributed by atoms with Gasteiger partial charge in [0.2, 0.25) is 5.91 Å². The van der Waals surface area contributed by atoms with Crippen molar-refractivity contribution in [2.45, 2.75) is 19.9 Å². The second-order valence-corrected chi connectivity index (χ2v) is 4.86. The van der Waals surface area contributed by atoms with Crippen LogP contribution in [0.4, 0.5) is 11.4 Å². The minimum atomic E-state index is -1.16. The summed E-state index contributed by atoms with van der Waals surface area (Å²) in [6, 6.07) is 2.15. The SMILES string of the molecule is CCN(C)C(=O)C(C)Nc1c(Cl)cc(N)cc1C(=O)O. The van der Waals surface area contributed by atoms with E-state index in [4.69, 9.17) is 17.3 Å². The highest BCUT2D eigenvalue weighted by atomic mass is 35.5. The van der Waals surface area contributed by atoms with E-state index in [0.29, 0.717) is 6.54 Å². The topological polar surface area (TPSA) is 95.7 Å². The molecular weight excluding hydrogens is 282 g/mol. The van der Waals surface area contributed by atoms with Gasteiger partial charge in [-0.3, -0.25) is 4.79 Å². The van der Waals surface area contributed by atoms with E-state index in [-0.39, 0.29) is 27.9 Å². The number of carbonyl (C=O) groups is 2. The number of benzene rings is 1. The Morgan fingerprint density at radius 3 is 2.60 bits per heavy atom. The molecule has 0 fully saturated rings. The smallest absolute Gasteiger partial charge is 0.337 e. The first kappa shape index (κ1) is 16.1. The second kappa shape index (κ2) is 6.47. The minimum absolute atomic E-state index is 0.0613. The Kier molecular flexibility index (Phi) is 5.21. The number of aromatic carboxylic acids is 1. The molecule has 0 saturated carbocycles. The highest BCUT2D eigenvalue weighted by molar-refractivity contribution is 6.34. The van der Waals surface area contributed by atoms with Crippen molar-refractivity contribution in [3.63, 3.8) is 0 Å². The van der Waals surface area contributed by atoms with E-state index in [0.717, 1.165) is 0 Å². The van der Waals surface area contributed by atoms with Crippen LogP contribution in [0.5, 0.6) is 0 Å². The van der Waals surface area contributed by atoms with Gasteiger partial charge in [-0.25, -0.2) is 4.79 Å². The van der Waals surface area contributed by atoms with Gasteiger partial charge in [0, 0.05) is 19.3 Å². The van der Waals surface area contributed by atoms with Gasteiger partial charge in [0.1, 0.15) is 6.04 Å². The van der Waals surface area contributed by atoms with Crippen LogP contribution in [0, 0.1) is 0 Å². The monoisotopic (exact) mass is 299 g/mol. The molecule has 1 amide bonds. The van der Waals surface area contributed by atoms with Gasteiger partial charge in [-0.2, -0.15) is 0 Å². The molecule has 7 heteroatoms. The summed E-state index contributed by atoms with van der Waals surface area (Å²) in [5.74, 6) is -1.32. The number of nitrogens with two attached hydrogens (primary N) is 1. The van der Waals surface area contributed by atoms with Crippen molar-refractivity contribution in [2.24, 2.45) is 0 Å². The number of anilines is 2. The number of nitrogen functional groups attached to an aromatic ring is 1. The molecule has 1 aromatic carbocycles. The van der Waals surface area contributed by atoms with Gasteiger partial charge >= 0.3 is 5.97 Å². The third-order valence-electron chi connectivity index (χ3n) is 2.92. The molecule has 6 nitrogen and oxygen atoms in total. The fourth-order valence-electron chi connectivity index (χ4n) is 1.71. The third kappa shape index (κ3) is 3.54. The predicted molar refractivity (Wildman–Crippen MR) is 79.2 cm³/mol. The van der Waals surface area contributed by atoms with Crippen molar-refractivity contribution >= 4 is 34.9 Å². The van der Waals surface area contributed by atoms with Crippen LogP contribution in [0.3, 0.4) is 0 Å². The van der Waals surface area contributed by atoms with Crippen molar-refractivity contribution in [1.82, 2.24) is 4.90 Å². The van der Waals surface area contributed by atoms with Crippen molar-refractivity contribution < 1.29 is 14.7 Å². The quantitative estimate of drug-likeness (QED) is 0.722. The first-order chi connectivity index (χ1) is 9.27. The first-order valence-electron chi connectivity index (χ1n) is 6.11. The van der Waals surface area contributed by atoms with Crippen LogP contribution in [0.2, 0.25) is 5.02 Å². The van der Waals surface area contributed by atoms with E-state index in [1.165, 1.54) is 17.0 Å². The van der Waals surface area contributed by atoms with E-state index in [9.17, 15) is 14.7 Å². The molecule has 1 atom stereocenters. The molecule has 4 N–H and O–H groups in total. The molecule has 110 valence electrons. The van der Waals surface area contributed by atoms with Crippen molar-refractivity contribution in [3.05, 3.63) is 22.7 Å². The Hall–Kier alpha value is -1.95. The van der Waals surface area contributed by atoms with Gasteiger partial charge < -0.3 is 21.1 Å². The van der Waals surface area contributed by atoms with E-state index < -0.39 is 12.0 Å². The third-order valence-corrected chi connectivity index (χ3v) is 3.22. The summed E-state index contributed by atoms with van der Waals surface area (Å²) in [5, 5.41) is 12.2. The van der Waals surface area contributed by atoms with Crippen LogP contribution in [0.25, 0.3) is 0 Å². The Balaban J connectivity index is 3.09. The maximum Gasteiger partial charge on any atom is 0.337 e.